The molecule has 0 aromatic heterocycles. The molecule has 0 bridgehead atoms. The van der Waals surface area contributed by atoms with Crippen LogP contribution in [0.2, 0.25) is 0 Å². The SMILES string of the molecule is CNC.N=Cc1ccccc1C=N. The number of benzene rings is 1. The summed E-state index contributed by atoms with van der Waals surface area (Å²) in [6, 6.07) is 7.33. The summed E-state index contributed by atoms with van der Waals surface area (Å²) < 4.78 is 0. The molecule has 0 amide bonds. The first-order valence-electron chi connectivity index (χ1n) is 3.98. The molecule has 0 fully saturated rings. The molecule has 0 aliphatic carbocycles. The van der Waals surface area contributed by atoms with Gasteiger partial charge in [0.05, 0.1) is 0 Å². The third-order valence-corrected chi connectivity index (χ3v) is 1.31. The van der Waals surface area contributed by atoms with Crippen LogP contribution in [0.25, 0.3) is 0 Å². The number of hydrogen-bond donors (Lipinski definition) is 3. The van der Waals surface area contributed by atoms with Gasteiger partial charge in [-0.2, -0.15) is 0 Å². The van der Waals surface area contributed by atoms with Crippen LogP contribution in [0.1, 0.15) is 11.1 Å². The summed E-state index contributed by atoms with van der Waals surface area (Å²) in [6.45, 7) is 0. The van der Waals surface area contributed by atoms with Crippen LogP contribution in [0, 0.1) is 10.8 Å². The predicted molar refractivity (Wildman–Crippen MR) is 57.2 cm³/mol. The van der Waals surface area contributed by atoms with E-state index in [4.69, 9.17) is 10.8 Å². The van der Waals surface area contributed by atoms with E-state index in [0.717, 1.165) is 11.1 Å². The molecule has 0 radical (unpaired) electrons. The van der Waals surface area contributed by atoms with E-state index >= 15 is 0 Å². The molecule has 70 valence electrons. The summed E-state index contributed by atoms with van der Waals surface area (Å²) in [6.07, 6.45) is 2.50. The van der Waals surface area contributed by atoms with E-state index in [1.165, 1.54) is 12.4 Å². The number of nitrogens with one attached hydrogen (secondary N) is 3. The van der Waals surface area contributed by atoms with Gasteiger partial charge in [-0.1, -0.05) is 24.3 Å². The third kappa shape index (κ3) is 4.18. The molecule has 0 atom stereocenters. The number of hydrogen-bond acceptors (Lipinski definition) is 3. The van der Waals surface area contributed by atoms with Crippen LogP contribution in [0.3, 0.4) is 0 Å². The van der Waals surface area contributed by atoms with Crippen molar-refractivity contribution in [2.45, 2.75) is 0 Å². The fourth-order valence-corrected chi connectivity index (χ4v) is 0.774. The monoisotopic (exact) mass is 177 g/mol. The summed E-state index contributed by atoms with van der Waals surface area (Å²) >= 11 is 0. The normalized spacial score (nSPS) is 8.15. The zero-order valence-electron chi connectivity index (χ0n) is 7.96. The average Bonchev–Trinajstić information content (AvgIpc) is 2.19. The van der Waals surface area contributed by atoms with Crippen molar-refractivity contribution in [3.63, 3.8) is 0 Å². The van der Waals surface area contributed by atoms with Gasteiger partial charge < -0.3 is 16.1 Å². The van der Waals surface area contributed by atoms with E-state index in [9.17, 15) is 0 Å². The molecule has 0 saturated carbocycles. The first-order chi connectivity index (χ1) is 6.29. The molecule has 0 aliphatic rings. The minimum Gasteiger partial charge on any atom is -0.323 e. The summed E-state index contributed by atoms with van der Waals surface area (Å²) in [4.78, 5) is 0. The standard InChI is InChI=1S/C8H8N2.C2H7N/c9-5-7-3-1-2-4-8(7)6-10;1-3-2/h1-6,9-10H;3H,1-2H3. The van der Waals surface area contributed by atoms with Gasteiger partial charge in [-0.15, -0.1) is 0 Å². The predicted octanol–water partition coefficient (Wildman–Crippen LogP) is 1.52. The molecule has 0 unspecified atom stereocenters. The van der Waals surface area contributed by atoms with Crippen LogP contribution in [0.15, 0.2) is 24.3 Å². The van der Waals surface area contributed by atoms with Crippen molar-refractivity contribution >= 4 is 12.4 Å². The second-order valence-electron chi connectivity index (χ2n) is 2.42. The Morgan fingerprint density at radius 1 is 1.00 bits per heavy atom. The van der Waals surface area contributed by atoms with Gasteiger partial charge in [0.2, 0.25) is 0 Å². The lowest BCUT2D eigenvalue weighted by atomic mass is 10.1. The van der Waals surface area contributed by atoms with Gasteiger partial charge in [-0.25, -0.2) is 0 Å². The summed E-state index contributed by atoms with van der Waals surface area (Å²) in [5.41, 5.74) is 1.58. The fourth-order valence-electron chi connectivity index (χ4n) is 0.774. The zero-order chi connectivity index (χ0) is 10.1. The lowest BCUT2D eigenvalue weighted by Gasteiger charge is -1.94. The van der Waals surface area contributed by atoms with E-state index in [-0.39, 0.29) is 0 Å². The lowest BCUT2D eigenvalue weighted by molar-refractivity contribution is 1.02. The summed E-state index contributed by atoms with van der Waals surface area (Å²) in [5.74, 6) is 0. The van der Waals surface area contributed by atoms with Crippen molar-refractivity contribution in [2.75, 3.05) is 14.1 Å². The molecule has 0 heterocycles. The van der Waals surface area contributed by atoms with Gasteiger partial charge in [0.25, 0.3) is 0 Å². The van der Waals surface area contributed by atoms with Crippen molar-refractivity contribution in [3.05, 3.63) is 35.4 Å². The molecule has 0 aliphatic heterocycles. The maximum absolute atomic E-state index is 6.96. The zero-order valence-corrected chi connectivity index (χ0v) is 7.96. The van der Waals surface area contributed by atoms with Gasteiger partial charge in [-0.05, 0) is 14.1 Å². The minimum atomic E-state index is 0.789. The van der Waals surface area contributed by atoms with Gasteiger partial charge in [0.1, 0.15) is 0 Å². The molecule has 0 saturated heterocycles. The van der Waals surface area contributed by atoms with Crippen LogP contribution in [-0.4, -0.2) is 26.5 Å². The second kappa shape index (κ2) is 7.18. The van der Waals surface area contributed by atoms with Gasteiger partial charge in [0, 0.05) is 23.6 Å². The molecule has 13 heavy (non-hydrogen) atoms. The molecule has 1 aromatic rings. The summed E-state index contributed by atoms with van der Waals surface area (Å²) in [5, 5.41) is 16.7. The first-order valence-corrected chi connectivity index (χ1v) is 3.98. The summed E-state index contributed by atoms with van der Waals surface area (Å²) in [7, 11) is 3.75. The Bertz CT molecular complexity index is 242. The molecule has 1 rings (SSSR count). The smallest absolute Gasteiger partial charge is 0.0256 e. The van der Waals surface area contributed by atoms with Crippen LogP contribution in [-0.2, 0) is 0 Å². The largest absolute Gasteiger partial charge is 0.323 e. The van der Waals surface area contributed by atoms with Crippen LogP contribution < -0.4 is 5.32 Å². The van der Waals surface area contributed by atoms with Crippen LogP contribution >= 0.6 is 0 Å². The molecular weight excluding hydrogens is 162 g/mol. The van der Waals surface area contributed by atoms with E-state index in [2.05, 4.69) is 5.32 Å². The topological polar surface area (TPSA) is 59.7 Å². The highest BCUT2D eigenvalue weighted by Gasteiger charge is 1.91. The number of rotatable bonds is 2. The van der Waals surface area contributed by atoms with E-state index < -0.39 is 0 Å². The fraction of sp³-hybridized carbons (Fsp3) is 0.200. The van der Waals surface area contributed by atoms with E-state index in [1.807, 2.05) is 38.4 Å². The third-order valence-electron chi connectivity index (χ3n) is 1.31. The van der Waals surface area contributed by atoms with Crippen LogP contribution in [0.5, 0.6) is 0 Å². The van der Waals surface area contributed by atoms with Crippen molar-refractivity contribution in [1.29, 1.82) is 10.8 Å². The van der Waals surface area contributed by atoms with Crippen molar-refractivity contribution in [2.24, 2.45) is 0 Å². The Labute approximate surface area is 78.8 Å². The quantitative estimate of drug-likeness (QED) is 0.589. The lowest BCUT2D eigenvalue weighted by Crippen LogP contribution is -1.89. The Balaban J connectivity index is 0.000000424. The highest BCUT2D eigenvalue weighted by molar-refractivity contribution is 5.91. The van der Waals surface area contributed by atoms with Gasteiger partial charge >= 0.3 is 0 Å². The highest BCUT2D eigenvalue weighted by atomic mass is 14.7. The maximum Gasteiger partial charge on any atom is 0.0256 e. The molecule has 3 heteroatoms. The van der Waals surface area contributed by atoms with E-state index in [0.29, 0.717) is 0 Å². The Morgan fingerprint density at radius 3 is 1.54 bits per heavy atom. The second-order valence-corrected chi connectivity index (χ2v) is 2.42. The Hall–Kier alpha value is -1.48. The van der Waals surface area contributed by atoms with Crippen molar-refractivity contribution in [3.8, 4) is 0 Å². The molecular formula is C10H15N3. The average molecular weight is 177 g/mol. The minimum absolute atomic E-state index is 0.789. The molecule has 0 spiro atoms. The van der Waals surface area contributed by atoms with Gasteiger partial charge in [-0.3, -0.25) is 0 Å². The van der Waals surface area contributed by atoms with E-state index in [1.54, 1.807) is 0 Å². The van der Waals surface area contributed by atoms with Crippen LogP contribution in [0.4, 0.5) is 0 Å². The van der Waals surface area contributed by atoms with Gasteiger partial charge in [0.15, 0.2) is 0 Å². The Morgan fingerprint density at radius 2 is 1.31 bits per heavy atom. The van der Waals surface area contributed by atoms with Crippen molar-refractivity contribution < 1.29 is 0 Å². The maximum atomic E-state index is 6.96. The molecule has 3 N–H and O–H groups in total. The highest BCUT2D eigenvalue weighted by Crippen LogP contribution is 2.01. The van der Waals surface area contributed by atoms with Crippen molar-refractivity contribution in [1.82, 2.24) is 5.32 Å². The molecule has 1 aromatic carbocycles. The first kappa shape index (κ1) is 11.5. The Kier molecular flexibility index (Phi) is 6.37. The molecule has 3 nitrogen and oxygen atoms in total.